The van der Waals surface area contributed by atoms with E-state index in [1.807, 2.05) is 6.07 Å². The van der Waals surface area contributed by atoms with Gasteiger partial charge in [0, 0.05) is 0 Å². The van der Waals surface area contributed by atoms with E-state index in [0.717, 1.165) is 0 Å². The number of nitriles is 1. The molecule has 0 aliphatic carbocycles. The highest BCUT2D eigenvalue weighted by atomic mass is 16.5. The second-order valence-corrected chi connectivity index (χ2v) is 2.52. The minimum atomic E-state index is -0.402. The summed E-state index contributed by atoms with van der Waals surface area (Å²) in [7, 11) is 0. The lowest BCUT2D eigenvalue weighted by molar-refractivity contribution is -0.143. The van der Waals surface area contributed by atoms with E-state index in [0.29, 0.717) is 6.61 Å². The molecule has 0 bridgehead atoms. The van der Waals surface area contributed by atoms with Crippen LogP contribution in [0.15, 0.2) is 6.33 Å². The first kappa shape index (κ1) is 10.1. The van der Waals surface area contributed by atoms with Gasteiger partial charge in [-0.05, 0) is 6.92 Å². The number of nitrogen functional groups attached to an aromatic ring is 1. The first-order valence-electron chi connectivity index (χ1n) is 4.05. The van der Waals surface area contributed by atoms with Crippen molar-refractivity contribution in [3.05, 3.63) is 12.0 Å². The van der Waals surface area contributed by atoms with Crippen molar-refractivity contribution in [3.8, 4) is 6.07 Å². The van der Waals surface area contributed by atoms with Crippen LogP contribution in [0.3, 0.4) is 0 Å². The third-order valence-corrected chi connectivity index (χ3v) is 1.59. The minimum absolute atomic E-state index is 0.0195. The van der Waals surface area contributed by atoms with Gasteiger partial charge >= 0.3 is 5.97 Å². The Morgan fingerprint density at radius 2 is 2.57 bits per heavy atom. The molecule has 0 aliphatic heterocycles. The molecule has 2 N–H and O–H groups in total. The molecule has 0 radical (unpaired) electrons. The lowest BCUT2D eigenvalue weighted by Gasteiger charge is -2.03. The molecule has 1 aromatic heterocycles. The lowest BCUT2D eigenvalue weighted by Crippen LogP contribution is -2.14. The van der Waals surface area contributed by atoms with Gasteiger partial charge < -0.3 is 15.0 Å². The van der Waals surface area contributed by atoms with Crippen molar-refractivity contribution in [2.45, 2.75) is 13.5 Å². The van der Waals surface area contributed by atoms with Gasteiger partial charge in [-0.25, -0.2) is 4.98 Å². The highest BCUT2D eigenvalue weighted by molar-refractivity contribution is 5.70. The van der Waals surface area contributed by atoms with E-state index in [-0.39, 0.29) is 18.1 Å². The summed E-state index contributed by atoms with van der Waals surface area (Å²) < 4.78 is 6.09. The zero-order valence-corrected chi connectivity index (χ0v) is 7.73. The molecule has 74 valence electrons. The molecule has 1 heterocycles. The molecule has 14 heavy (non-hydrogen) atoms. The number of carbonyl (C=O) groups excluding carboxylic acids is 1. The summed E-state index contributed by atoms with van der Waals surface area (Å²) in [5, 5.41) is 8.55. The molecule has 0 saturated heterocycles. The van der Waals surface area contributed by atoms with Gasteiger partial charge in [0.1, 0.15) is 18.4 Å². The fourth-order valence-electron chi connectivity index (χ4n) is 0.950. The fraction of sp³-hybridized carbons (Fsp3) is 0.375. The van der Waals surface area contributed by atoms with Crippen LogP contribution in [-0.2, 0) is 16.1 Å². The number of rotatable bonds is 3. The summed E-state index contributed by atoms with van der Waals surface area (Å²) in [6.45, 7) is 2.02. The number of anilines is 1. The van der Waals surface area contributed by atoms with Gasteiger partial charge in [0.25, 0.3) is 0 Å². The summed E-state index contributed by atoms with van der Waals surface area (Å²) in [6.07, 6.45) is 1.34. The predicted molar refractivity (Wildman–Crippen MR) is 48.0 cm³/mol. The minimum Gasteiger partial charge on any atom is -0.465 e. The maximum absolute atomic E-state index is 11.1. The Balaban J connectivity index is 2.73. The Morgan fingerprint density at radius 3 is 3.07 bits per heavy atom. The summed E-state index contributed by atoms with van der Waals surface area (Å²) in [5.74, 6) is -0.221. The number of aromatic nitrogens is 2. The number of nitrogens with zero attached hydrogens (tertiary/aromatic N) is 3. The zero-order chi connectivity index (χ0) is 10.6. The summed E-state index contributed by atoms with van der Waals surface area (Å²) >= 11 is 0. The van der Waals surface area contributed by atoms with Crippen LogP contribution in [0.25, 0.3) is 0 Å². The molecule has 1 aromatic rings. The molecule has 0 aromatic carbocycles. The van der Waals surface area contributed by atoms with Crippen LogP contribution >= 0.6 is 0 Å². The second-order valence-electron chi connectivity index (χ2n) is 2.52. The molecule has 0 unspecified atom stereocenters. The van der Waals surface area contributed by atoms with Crippen LogP contribution in [-0.4, -0.2) is 22.1 Å². The van der Waals surface area contributed by atoms with E-state index in [1.54, 1.807) is 6.92 Å². The topological polar surface area (TPSA) is 93.9 Å². The molecule has 0 aliphatic rings. The summed E-state index contributed by atoms with van der Waals surface area (Å²) in [5.41, 5.74) is 5.65. The maximum Gasteiger partial charge on any atom is 0.326 e. The summed E-state index contributed by atoms with van der Waals surface area (Å²) in [4.78, 5) is 14.8. The predicted octanol–water partition coefficient (Wildman–Crippen LogP) is -0.0999. The highest BCUT2D eigenvalue weighted by Gasteiger charge is 2.10. The van der Waals surface area contributed by atoms with E-state index in [4.69, 9.17) is 15.7 Å². The third kappa shape index (κ3) is 2.01. The number of hydrogen-bond acceptors (Lipinski definition) is 5. The van der Waals surface area contributed by atoms with Crippen molar-refractivity contribution in [1.82, 2.24) is 9.55 Å². The molecule has 6 nitrogen and oxygen atoms in total. The SMILES string of the molecule is CCOC(=O)Cn1cnc(C#N)c1N. The number of imidazole rings is 1. The number of hydrogen-bond donors (Lipinski definition) is 1. The van der Waals surface area contributed by atoms with Gasteiger partial charge in [-0.2, -0.15) is 5.26 Å². The monoisotopic (exact) mass is 194 g/mol. The second kappa shape index (κ2) is 4.28. The van der Waals surface area contributed by atoms with Gasteiger partial charge in [-0.15, -0.1) is 0 Å². The quantitative estimate of drug-likeness (QED) is 0.678. The van der Waals surface area contributed by atoms with E-state index in [9.17, 15) is 4.79 Å². The Hall–Kier alpha value is -2.03. The fourth-order valence-corrected chi connectivity index (χ4v) is 0.950. The number of ether oxygens (including phenoxy) is 1. The number of carbonyl (C=O) groups is 1. The standard InChI is InChI=1S/C8H10N4O2/c1-2-14-7(13)4-12-5-11-6(3-9)8(12)10/h5H,2,4,10H2,1H3. The first-order valence-corrected chi connectivity index (χ1v) is 4.05. The van der Waals surface area contributed by atoms with Crippen LogP contribution < -0.4 is 5.73 Å². The van der Waals surface area contributed by atoms with E-state index >= 15 is 0 Å². The van der Waals surface area contributed by atoms with Crippen LogP contribution in [0.5, 0.6) is 0 Å². The van der Waals surface area contributed by atoms with Gasteiger partial charge in [-0.3, -0.25) is 4.79 Å². The number of nitrogens with two attached hydrogens (primary N) is 1. The average Bonchev–Trinajstić information content (AvgIpc) is 2.48. The lowest BCUT2D eigenvalue weighted by atomic mass is 10.5. The molecular formula is C8H10N4O2. The third-order valence-electron chi connectivity index (χ3n) is 1.59. The van der Waals surface area contributed by atoms with Crippen molar-refractivity contribution in [3.63, 3.8) is 0 Å². The molecule has 1 rings (SSSR count). The Kier molecular flexibility index (Phi) is 3.07. The van der Waals surface area contributed by atoms with E-state index in [1.165, 1.54) is 10.9 Å². The zero-order valence-electron chi connectivity index (χ0n) is 7.73. The summed E-state index contributed by atoms with van der Waals surface area (Å²) in [6, 6.07) is 1.81. The average molecular weight is 194 g/mol. The van der Waals surface area contributed by atoms with Gasteiger partial charge in [0.15, 0.2) is 5.69 Å². The van der Waals surface area contributed by atoms with Crippen molar-refractivity contribution < 1.29 is 9.53 Å². The van der Waals surface area contributed by atoms with Gasteiger partial charge in [0.05, 0.1) is 12.9 Å². The first-order chi connectivity index (χ1) is 6.69. The normalized spacial score (nSPS) is 9.43. The van der Waals surface area contributed by atoms with Gasteiger partial charge in [0.2, 0.25) is 0 Å². The van der Waals surface area contributed by atoms with Gasteiger partial charge in [-0.1, -0.05) is 0 Å². The van der Waals surface area contributed by atoms with E-state index < -0.39 is 5.97 Å². The molecule has 0 spiro atoms. The Bertz CT molecular complexity index is 377. The van der Waals surface area contributed by atoms with Crippen molar-refractivity contribution in [2.75, 3.05) is 12.3 Å². The van der Waals surface area contributed by atoms with Crippen LogP contribution in [0.4, 0.5) is 5.82 Å². The molecule has 0 fully saturated rings. The Morgan fingerprint density at radius 1 is 1.86 bits per heavy atom. The highest BCUT2D eigenvalue weighted by Crippen LogP contribution is 2.07. The van der Waals surface area contributed by atoms with E-state index in [2.05, 4.69) is 4.98 Å². The molecular weight excluding hydrogens is 184 g/mol. The van der Waals surface area contributed by atoms with Crippen LogP contribution in [0.2, 0.25) is 0 Å². The Labute approximate surface area is 80.9 Å². The smallest absolute Gasteiger partial charge is 0.326 e. The molecule has 0 amide bonds. The largest absolute Gasteiger partial charge is 0.465 e. The molecule has 0 saturated carbocycles. The van der Waals surface area contributed by atoms with Crippen molar-refractivity contribution >= 4 is 11.8 Å². The van der Waals surface area contributed by atoms with Crippen LogP contribution in [0.1, 0.15) is 12.6 Å². The van der Waals surface area contributed by atoms with Crippen molar-refractivity contribution in [2.24, 2.45) is 0 Å². The molecule has 6 heteroatoms. The van der Waals surface area contributed by atoms with Crippen LogP contribution in [0, 0.1) is 11.3 Å². The number of esters is 1. The van der Waals surface area contributed by atoms with Crippen molar-refractivity contribution in [1.29, 1.82) is 5.26 Å². The molecule has 0 atom stereocenters. The maximum atomic E-state index is 11.1.